The molecule has 0 aromatic heterocycles. The van der Waals surface area contributed by atoms with Gasteiger partial charge in [0, 0.05) is 12.5 Å². The molecule has 100 valence electrons. The molecule has 2 heterocycles. The molecule has 0 aromatic carbocycles. The topological polar surface area (TPSA) is 58.5 Å². The van der Waals surface area contributed by atoms with E-state index in [1.165, 1.54) is 0 Å². The SMILES string of the molecule is CC(C)(C)C1=CC=C(C2CCC(=O)NC2=O)N=C=C1. The maximum Gasteiger partial charge on any atom is 0.235 e. The first-order valence-corrected chi connectivity index (χ1v) is 6.43. The second-order valence-corrected chi connectivity index (χ2v) is 5.85. The van der Waals surface area contributed by atoms with Crippen LogP contribution in [0.25, 0.3) is 0 Å². The van der Waals surface area contributed by atoms with Crippen molar-refractivity contribution in [2.45, 2.75) is 33.6 Å². The minimum atomic E-state index is -0.353. The molecule has 0 aliphatic carbocycles. The van der Waals surface area contributed by atoms with E-state index in [-0.39, 0.29) is 23.1 Å². The Labute approximate surface area is 113 Å². The first kappa shape index (κ1) is 13.5. The number of carbonyl (C=O) groups excluding carboxylic acids is 2. The van der Waals surface area contributed by atoms with Gasteiger partial charge in [0.25, 0.3) is 0 Å². The lowest BCUT2D eigenvalue weighted by molar-refractivity contribution is -0.135. The molecule has 1 unspecified atom stereocenters. The summed E-state index contributed by atoms with van der Waals surface area (Å²) in [5.41, 5.74) is 1.79. The van der Waals surface area contributed by atoms with E-state index in [9.17, 15) is 9.59 Å². The standard InChI is InChI=1S/C15H18N2O2/c1-15(2,3)10-4-6-12(16-9-8-10)11-5-7-13(18)17-14(11)19/h4,6,8,11H,5,7H2,1-3H3,(H,17,18,19). The first-order valence-electron chi connectivity index (χ1n) is 6.43. The fourth-order valence-corrected chi connectivity index (χ4v) is 2.07. The van der Waals surface area contributed by atoms with Gasteiger partial charge in [0.1, 0.15) is 0 Å². The van der Waals surface area contributed by atoms with Gasteiger partial charge in [-0.1, -0.05) is 26.8 Å². The van der Waals surface area contributed by atoms with Gasteiger partial charge >= 0.3 is 0 Å². The second kappa shape index (κ2) is 4.98. The third kappa shape index (κ3) is 3.09. The molecule has 19 heavy (non-hydrogen) atoms. The molecular weight excluding hydrogens is 240 g/mol. The average molecular weight is 258 g/mol. The number of allylic oxidation sites excluding steroid dienone is 4. The van der Waals surface area contributed by atoms with Crippen molar-refractivity contribution >= 4 is 17.7 Å². The van der Waals surface area contributed by atoms with E-state index in [4.69, 9.17) is 0 Å². The number of carbonyl (C=O) groups is 2. The summed E-state index contributed by atoms with van der Waals surface area (Å²) in [6, 6.07) is 0. The quantitative estimate of drug-likeness (QED) is 0.732. The van der Waals surface area contributed by atoms with Crippen molar-refractivity contribution in [1.29, 1.82) is 0 Å². The number of hydrogen-bond acceptors (Lipinski definition) is 3. The molecule has 2 rings (SSSR count). The zero-order chi connectivity index (χ0) is 14.0. The summed E-state index contributed by atoms with van der Waals surface area (Å²) in [4.78, 5) is 27.2. The first-order chi connectivity index (χ1) is 8.88. The highest BCUT2D eigenvalue weighted by Crippen LogP contribution is 2.28. The molecule has 1 N–H and O–H groups in total. The molecule has 1 atom stereocenters. The lowest BCUT2D eigenvalue weighted by Gasteiger charge is -2.20. The zero-order valence-corrected chi connectivity index (χ0v) is 11.5. The van der Waals surface area contributed by atoms with Crippen LogP contribution in [0.5, 0.6) is 0 Å². The summed E-state index contributed by atoms with van der Waals surface area (Å²) < 4.78 is 0. The van der Waals surface area contributed by atoms with Crippen LogP contribution < -0.4 is 5.32 Å². The molecule has 2 aliphatic rings. The molecule has 0 saturated carbocycles. The molecule has 0 aromatic rings. The van der Waals surface area contributed by atoms with Crippen molar-refractivity contribution in [3.63, 3.8) is 0 Å². The predicted molar refractivity (Wildman–Crippen MR) is 73.5 cm³/mol. The fourth-order valence-electron chi connectivity index (χ4n) is 2.07. The number of aliphatic imine (C=N–C) groups is 1. The molecule has 0 radical (unpaired) electrons. The highest BCUT2D eigenvalue weighted by molar-refractivity contribution is 6.00. The highest BCUT2D eigenvalue weighted by atomic mass is 16.2. The van der Waals surface area contributed by atoms with Gasteiger partial charge < -0.3 is 0 Å². The van der Waals surface area contributed by atoms with Crippen LogP contribution in [0, 0.1) is 11.3 Å². The Balaban J connectivity index is 2.26. The number of imide groups is 1. The number of nitrogens with one attached hydrogen (secondary N) is 1. The van der Waals surface area contributed by atoms with Crippen molar-refractivity contribution in [2.75, 3.05) is 0 Å². The second-order valence-electron chi connectivity index (χ2n) is 5.85. The molecule has 4 heteroatoms. The summed E-state index contributed by atoms with van der Waals surface area (Å²) >= 11 is 0. The van der Waals surface area contributed by atoms with Crippen LogP contribution in [0.2, 0.25) is 0 Å². The Hall–Kier alpha value is -1.93. The van der Waals surface area contributed by atoms with Crippen LogP contribution in [-0.4, -0.2) is 17.7 Å². The summed E-state index contributed by atoms with van der Waals surface area (Å²) in [6.07, 6.45) is 6.55. The smallest absolute Gasteiger partial charge is 0.235 e. The van der Waals surface area contributed by atoms with E-state index in [1.807, 2.05) is 18.2 Å². The maximum absolute atomic E-state index is 11.8. The van der Waals surface area contributed by atoms with Crippen molar-refractivity contribution in [2.24, 2.45) is 16.3 Å². The lowest BCUT2D eigenvalue weighted by Crippen LogP contribution is -2.41. The summed E-state index contributed by atoms with van der Waals surface area (Å²) in [6.45, 7) is 6.34. The van der Waals surface area contributed by atoms with Gasteiger partial charge in [0.05, 0.1) is 11.6 Å². The van der Waals surface area contributed by atoms with Crippen molar-refractivity contribution in [3.05, 3.63) is 29.5 Å². The number of piperidine rings is 1. The van der Waals surface area contributed by atoms with E-state index in [2.05, 4.69) is 37.0 Å². The lowest BCUT2D eigenvalue weighted by atomic mass is 9.86. The molecule has 0 bridgehead atoms. The van der Waals surface area contributed by atoms with E-state index >= 15 is 0 Å². The Morgan fingerprint density at radius 1 is 1.32 bits per heavy atom. The van der Waals surface area contributed by atoms with Gasteiger partial charge in [-0.3, -0.25) is 14.9 Å². The van der Waals surface area contributed by atoms with Crippen LogP contribution >= 0.6 is 0 Å². The number of amides is 2. The van der Waals surface area contributed by atoms with E-state index in [1.54, 1.807) is 0 Å². The van der Waals surface area contributed by atoms with E-state index in [0.29, 0.717) is 18.5 Å². The number of nitrogens with zero attached hydrogens (tertiary/aromatic N) is 1. The Kier molecular flexibility index (Phi) is 3.54. The molecule has 2 amide bonds. The van der Waals surface area contributed by atoms with Gasteiger partial charge in [-0.2, -0.15) is 0 Å². The highest BCUT2D eigenvalue weighted by Gasteiger charge is 2.29. The van der Waals surface area contributed by atoms with Crippen LogP contribution in [0.1, 0.15) is 33.6 Å². The monoisotopic (exact) mass is 258 g/mol. The third-order valence-electron chi connectivity index (χ3n) is 3.31. The van der Waals surface area contributed by atoms with Crippen LogP contribution in [0.3, 0.4) is 0 Å². The van der Waals surface area contributed by atoms with E-state index in [0.717, 1.165) is 5.57 Å². The van der Waals surface area contributed by atoms with Crippen LogP contribution in [0.15, 0.2) is 34.5 Å². The van der Waals surface area contributed by atoms with Gasteiger partial charge in [-0.15, -0.1) is 0 Å². The van der Waals surface area contributed by atoms with E-state index < -0.39 is 0 Å². The van der Waals surface area contributed by atoms with Gasteiger partial charge in [0.2, 0.25) is 11.8 Å². The maximum atomic E-state index is 11.8. The molecular formula is C15H18N2O2. The minimum Gasteiger partial charge on any atom is -0.296 e. The third-order valence-corrected chi connectivity index (χ3v) is 3.31. The number of hydrogen-bond donors (Lipinski definition) is 1. The molecule has 1 saturated heterocycles. The fraction of sp³-hybridized carbons (Fsp3) is 0.467. The average Bonchev–Trinajstić information content (AvgIpc) is 2.54. The Morgan fingerprint density at radius 3 is 2.68 bits per heavy atom. The van der Waals surface area contributed by atoms with Gasteiger partial charge in [-0.25, -0.2) is 4.99 Å². The Morgan fingerprint density at radius 2 is 2.05 bits per heavy atom. The van der Waals surface area contributed by atoms with Gasteiger partial charge in [0.15, 0.2) is 0 Å². The summed E-state index contributed by atoms with van der Waals surface area (Å²) in [5, 5.41) is 2.35. The normalized spacial score (nSPS) is 23.6. The minimum absolute atomic E-state index is 0.0132. The molecule has 2 aliphatic heterocycles. The number of rotatable bonds is 1. The summed E-state index contributed by atoms with van der Waals surface area (Å²) in [5.74, 6) is 2.06. The van der Waals surface area contributed by atoms with Crippen LogP contribution in [-0.2, 0) is 9.59 Å². The van der Waals surface area contributed by atoms with Crippen molar-refractivity contribution in [1.82, 2.24) is 5.32 Å². The van der Waals surface area contributed by atoms with Gasteiger partial charge in [-0.05, 0) is 29.4 Å². The zero-order valence-electron chi connectivity index (χ0n) is 11.5. The summed E-state index contributed by atoms with van der Waals surface area (Å²) in [7, 11) is 0. The molecule has 0 spiro atoms. The molecule has 1 fully saturated rings. The molecule has 4 nitrogen and oxygen atoms in total. The predicted octanol–water partition coefficient (Wildman–Crippen LogP) is 2.14. The van der Waals surface area contributed by atoms with Crippen LogP contribution in [0.4, 0.5) is 0 Å². The van der Waals surface area contributed by atoms with Crippen molar-refractivity contribution in [3.8, 4) is 0 Å². The Bertz CT molecular complexity index is 541. The van der Waals surface area contributed by atoms with Crippen molar-refractivity contribution < 1.29 is 9.59 Å². The largest absolute Gasteiger partial charge is 0.296 e.